The van der Waals surface area contributed by atoms with E-state index < -0.39 is 35.2 Å². The highest BCUT2D eigenvalue weighted by molar-refractivity contribution is 6.08. The van der Waals surface area contributed by atoms with Crippen molar-refractivity contribution >= 4 is 33.7 Å². The van der Waals surface area contributed by atoms with Gasteiger partial charge in [-0.1, -0.05) is 36.4 Å². The number of carbonyl (C=O) groups excluding carboxylic acids is 2. The van der Waals surface area contributed by atoms with E-state index in [4.69, 9.17) is 0 Å². The molecule has 2 atom stereocenters. The number of imide groups is 1. The summed E-state index contributed by atoms with van der Waals surface area (Å²) < 4.78 is 30.0. The maximum absolute atomic E-state index is 14.4. The number of halogens is 2. The molecule has 6 nitrogen and oxygen atoms in total. The van der Waals surface area contributed by atoms with Crippen molar-refractivity contribution in [2.45, 2.75) is 25.1 Å². The average molecular weight is 449 g/mol. The molecule has 1 saturated heterocycles. The van der Waals surface area contributed by atoms with Crippen LogP contribution in [0.15, 0.2) is 66.7 Å². The molecule has 0 bridgehead atoms. The lowest BCUT2D eigenvalue weighted by atomic mass is 9.91. The van der Waals surface area contributed by atoms with Crippen molar-refractivity contribution in [2.75, 3.05) is 6.54 Å². The van der Waals surface area contributed by atoms with Gasteiger partial charge >= 0.3 is 6.03 Å². The smallest absolute Gasteiger partial charge is 0.325 e. The van der Waals surface area contributed by atoms with Crippen LogP contribution in [0.25, 0.3) is 21.8 Å². The number of nitrogens with zero attached hydrogens (tertiary/aromatic N) is 2. The maximum atomic E-state index is 14.4. The molecule has 3 amide bonds. The zero-order chi connectivity index (χ0) is 23.3. The molecule has 4 aromatic rings. The topological polar surface area (TPSA) is 74.6 Å². The lowest BCUT2D eigenvalue weighted by Gasteiger charge is -2.24. The minimum atomic E-state index is -1.77. The molecule has 3 aromatic carbocycles. The highest BCUT2D eigenvalue weighted by Crippen LogP contribution is 2.32. The number of β-amino-alcohol motifs (C(OH)–C–C–N with tert-alkyl or cyclic N) is 1. The Morgan fingerprint density at radius 1 is 0.939 bits per heavy atom. The van der Waals surface area contributed by atoms with Crippen LogP contribution in [-0.4, -0.2) is 39.2 Å². The number of amides is 3. The summed E-state index contributed by atoms with van der Waals surface area (Å²) in [4.78, 5) is 26.5. The van der Waals surface area contributed by atoms with E-state index >= 15 is 0 Å². The fourth-order valence-electron chi connectivity index (χ4n) is 4.61. The molecule has 1 fully saturated rings. The van der Waals surface area contributed by atoms with Crippen molar-refractivity contribution in [1.29, 1.82) is 0 Å². The molecule has 5 rings (SSSR count). The predicted octanol–water partition coefficient (Wildman–Crippen LogP) is 3.90. The van der Waals surface area contributed by atoms with Crippen LogP contribution in [0.3, 0.4) is 0 Å². The van der Waals surface area contributed by atoms with E-state index in [1.807, 2.05) is 53.1 Å². The Hall–Kier alpha value is -3.78. The third-order valence-electron chi connectivity index (χ3n) is 6.21. The Bertz CT molecular complexity index is 1360. The number of hydrogen-bond acceptors (Lipinski definition) is 3. The number of urea groups is 1. The Labute approximate surface area is 188 Å². The largest absolute Gasteiger partial charge is 0.389 e. The molecule has 0 unspecified atom stereocenters. The molecule has 0 aliphatic carbocycles. The summed E-state index contributed by atoms with van der Waals surface area (Å²) in [6.07, 6.45) is -1.08. The van der Waals surface area contributed by atoms with E-state index in [-0.39, 0.29) is 18.7 Å². The van der Waals surface area contributed by atoms with Gasteiger partial charge in [-0.15, -0.1) is 0 Å². The van der Waals surface area contributed by atoms with Crippen LogP contribution in [0.1, 0.15) is 12.5 Å². The monoisotopic (exact) mass is 449 g/mol. The quantitative estimate of drug-likeness (QED) is 0.454. The van der Waals surface area contributed by atoms with Crippen LogP contribution in [0.4, 0.5) is 13.6 Å². The first kappa shape index (κ1) is 21.1. The van der Waals surface area contributed by atoms with Crippen molar-refractivity contribution in [1.82, 2.24) is 14.8 Å². The van der Waals surface area contributed by atoms with Gasteiger partial charge in [-0.25, -0.2) is 13.6 Å². The third kappa shape index (κ3) is 3.34. The second-order valence-corrected chi connectivity index (χ2v) is 8.39. The number of carbonyl (C=O) groups is 2. The predicted molar refractivity (Wildman–Crippen MR) is 119 cm³/mol. The summed E-state index contributed by atoms with van der Waals surface area (Å²) in [5.41, 5.74) is -0.195. The van der Waals surface area contributed by atoms with Crippen molar-refractivity contribution in [3.63, 3.8) is 0 Å². The number of para-hydroxylation sites is 2. The van der Waals surface area contributed by atoms with Gasteiger partial charge in [0.1, 0.15) is 17.2 Å². The zero-order valence-corrected chi connectivity index (χ0v) is 17.8. The molecule has 168 valence electrons. The molecule has 33 heavy (non-hydrogen) atoms. The molecule has 1 aliphatic heterocycles. The molecule has 1 aliphatic rings. The van der Waals surface area contributed by atoms with Gasteiger partial charge in [0.2, 0.25) is 0 Å². The van der Waals surface area contributed by atoms with E-state index in [1.54, 1.807) is 0 Å². The number of nitrogens with one attached hydrogen (secondary N) is 1. The van der Waals surface area contributed by atoms with Gasteiger partial charge in [0.05, 0.1) is 19.2 Å². The first-order chi connectivity index (χ1) is 15.8. The van der Waals surface area contributed by atoms with Crippen molar-refractivity contribution in [3.8, 4) is 0 Å². The van der Waals surface area contributed by atoms with Gasteiger partial charge in [0.15, 0.2) is 0 Å². The summed E-state index contributed by atoms with van der Waals surface area (Å²) in [5, 5.41) is 15.4. The Morgan fingerprint density at radius 2 is 1.55 bits per heavy atom. The standard InChI is InChI=1S/C25H21F2N3O3/c1-25(19-12-15(26)10-11-20(19)27)23(32)30(24(33)28-25)14-16(31)13-29-21-8-4-2-6-17(21)18-7-3-5-9-22(18)29/h2-12,16,31H,13-14H2,1H3,(H,28,33)/t16-,25-/m0/s1. The molecular formula is C25H21F2N3O3. The highest BCUT2D eigenvalue weighted by atomic mass is 19.1. The first-order valence-electron chi connectivity index (χ1n) is 10.5. The SMILES string of the molecule is C[C@@]1(c2cc(F)ccc2F)NC(=O)N(C[C@@H](O)Cn2c3ccccc3c3ccccc32)C1=O. The molecular weight excluding hydrogens is 428 g/mol. The number of benzene rings is 3. The fourth-order valence-corrected chi connectivity index (χ4v) is 4.61. The number of fused-ring (bicyclic) bond motifs is 3. The summed E-state index contributed by atoms with van der Waals surface area (Å²) in [5.74, 6) is -2.28. The number of aliphatic hydroxyl groups excluding tert-OH is 1. The van der Waals surface area contributed by atoms with Crippen LogP contribution < -0.4 is 5.32 Å². The number of aliphatic hydroxyl groups is 1. The lowest BCUT2D eigenvalue weighted by Crippen LogP contribution is -2.43. The van der Waals surface area contributed by atoms with Crippen LogP contribution in [0.5, 0.6) is 0 Å². The van der Waals surface area contributed by atoms with Gasteiger partial charge in [0.25, 0.3) is 5.91 Å². The lowest BCUT2D eigenvalue weighted by molar-refractivity contribution is -0.132. The van der Waals surface area contributed by atoms with Gasteiger partial charge in [0, 0.05) is 27.4 Å². The van der Waals surface area contributed by atoms with Crippen LogP contribution in [0, 0.1) is 11.6 Å². The van der Waals surface area contributed by atoms with Crippen LogP contribution in [-0.2, 0) is 16.9 Å². The summed E-state index contributed by atoms with van der Waals surface area (Å²) in [6, 6.07) is 17.5. The minimum Gasteiger partial charge on any atom is -0.389 e. The molecule has 1 aromatic heterocycles. The van der Waals surface area contributed by atoms with E-state index in [1.165, 1.54) is 6.92 Å². The van der Waals surface area contributed by atoms with Gasteiger partial charge < -0.3 is 15.0 Å². The van der Waals surface area contributed by atoms with Crippen LogP contribution in [0.2, 0.25) is 0 Å². The highest BCUT2D eigenvalue weighted by Gasteiger charge is 2.50. The fraction of sp³-hybridized carbons (Fsp3) is 0.200. The van der Waals surface area contributed by atoms with Crippen LogP contribution >= 0.6 is 0 Å². The van der Waals surface area contributed by atoms with Gasteiger partial charge in [-0.3, -0.25) is 9.69 Å². The van der Waals surface area contributed by atoms with E-state index in [0.29, 0.717) is 0 Å². The van der Waals surface area contributed by atoms with Gasteiger partial charge in [-0.2, -0.15) is 0 Å². The Morgan fingerprint density at radius 3 is 2.18 bits per heavy atom. The second-order valence-electron chi connectivity index (χ2n) is 8.39. The third-order valence-corrected chi connectivity index (χ3v) is 6.21. The van der Waals surface area contributed by atoms with E-state index in [0.717, 1.165) is 44.9 Å². The van der Waals surface area contributed by atoms with E-state index in [9.17, 15) is 23.5 Å². The normalized spacial score (nSPS) is 19.5. The minimum absolute atomic E-state index is 0.135. The number of rotatable bonds is 5. The Kier molecular flexibility index (Phi) is 4.90. The summed E-state index contributed by atoms with van der Waals surface area (Å²) in [6.45, 7) is 1.17. The van der Waals surface area contributed by atoms with Crippen molar-refractivity contribution < 1.29 is 23.5 Å². The first-order valence-corrected chi connectivity index (χ1v) is 10.5. The maximum Gasteiger partial charge on any atom is 0.325 e. The molecule has 0 spiro atoms. The van der Waals surface area contributed by atoms with E-state index in [2.05, 4.69) is 5.32 Å². The molecule has 0 saturated carbocycles. The summed E-state index contributed by atoms with van der Waals surface area (Å²) >= 11 is 0. The molecule has 2 heterocycles. The van der Waals surface area contributed by atoms with Crippen molar-refractivity contribution in [3.05, 3.63) is 83.9 Å². The number of hydrogen-bond donors (Lipinski definition) is 2. The van der Waals surface area contributed by atoms with Gasteiger partial charge in [-0.05, 0) is 37.3 Å². The molecule has 8 heteroatoms. The molecule has 0 radical (unpaired) electrons. The number of aromatic nitrogens is 1. The van der Waals surface area contributed by atoms with Crippen molar-refractivity contribution in [2.24, 2.45) is 0 Å². The second kappa shape index (κ2) is 7.67. The Balaban J connectivity index is 1.43. The zero-order valence-electron chi connectivity index (χ0n) is 17.8. The summed E-state index contributed by atoms with van der Waals surface area (Å²) in [7, 11) is 0. The average Bonchev–Trinajstić information content (AvgIpc) is 3.23. The molecule has 2 N–H and O–H groups in total.